The minimum atomic E-state index is 0.188. The molecule has 0 spiro atoms. The topological polar surface area (TPSA) is 42.2 Å². The predicted molar refractivity (Wildman–Crippen MR) is 58.1 cm³/mol. The maximum atomic E-state index is 8.81. The molecule has 0 atom stereocenters. The zero-order chi connectivity index (χ0) is 11.1. The summed E-state index contributed by atoms with van der Waals surface area (Å²) in [6.07, 6.45) is 5.72. The molecule has 82 valence electrons. The average molecular weight is 207 g/mol. The van der Waals surface area contributed by atoms with E-state index < -0.39 is 0 Å². The first-order valence-electron chi connectivity index (χ1n) is 5.26. The summed E-state index contributed by atoms with van der Waals surface area (Å²) in [5.41, 5.74) is 0.625. The molecule has 3 nitrogen and oxygen atoms in total. The van der Waals surface area contributed by atoms with Gasteiger partial charge in [0.1, 0.15) is 11.9 Å². The molecule has 0 aromatic heterocycles. The van der Waals surface area contributed by atoms with Crippen LogP contribution in [0.3, 0.4) is 0 Å². The van der Waals surface area contributed by atoms with Gasteiger partial charge in [0.25, 0.3) is 0 Å². The normalized spacial score (nSPS) is 19.8. The molecule has 0 aromatic rings. The molecule has 1 heterocycles. The lowest BCUT2D eigenvalue weighted by atomic mass is 10.1. The van der Waals surface area contributed by atoms with E-state index in [-0.39, 0.29) is 6.10 Å². The fourth-order valence-electron chi connectivity index (χ4n) is 1.43. The number of hydrogen-bond donors (Lipinski definition) is 0. The van der Waals surface area contributed by atoms with Crippen molar-refractivity contribution in [1.82, 2.24) is 0 Å². The first-order valence-corrected chi connectivity index (χ1v) is 5.26. The summed E-state index contributed by atoms with van der Waals surface area (Å²) in [7, 11) is 0. The number of rotatable bonds is 3. The molecule has 0 unspecified atom stereocenters. The van der Waals surface area contributed by atoms with Gasteiger partial charge in [-0.1, -0.05) is 6.08 Å². The maximum absolute atomic E-state index is 8.81. The minimum absolute atomic E-state index is 0.188. The standard InChI is InChI=1S/C12H17NO2/c1-3-4-12(10(2)9-13)15-11-5-7-14-8-6-11/h3-4,11H,5-8H2,1-2H3/b4-3-,12-10-. The van der Waals surface area contributed by atoms with Crippen molar-refractivity contribution in [3.63, 3.8) is 0 Å². The Morgan fingerprint density at radius 2 is 2.13 bits per heavy atom. The predicted octanol–water partition coefficient (Wildman–Crippen LogP) is 2.56. The molecule has 0 bridgehead atoms. The highest BCUT2D eigenvalue weighted by Gasteiger charge is 2.16. The van der Waals surface area contributed by atoms with E-state index in [9.17, 15) is 0 Å². The molecule has 1 fully saturated rings. The van der Waals surface area contributed by atoms with Gasteiger partial charge in [-0.25, -0.2) is 0 Å². The molecular weight excluding hydrogens is 190 g/mol. The monoisotopic (exact) mass is 207 g/mol. The lowest BCUT2D eigenvalue weighted by molar-refractivity contribution is -0.00119. The molecule has 1 aliphatic rings. The Hall–Kier alpha value is -1.27. The second-order valence-corrected chi connectivity index (χ2v) is 3.53. The van der Waals surface area contributed by atoms with Gasteiger partial charge in [-0.15, -0.1) is 0 Å². The third kappa shape index (κ3) is 3.77. The highest BCUT2D eigenvalue weighted by Crippen LogP contribution is 2.17. The molecule has 0 aromatic carbocycles. The van der Waals surface area contributed by atoms with E-state index in [0.29, 0.717) is 11.3 Å². The maximum Gasteiger partial charge on any atom is 0.132 e. The van der Waals surface area contributed by atoms with Gasteiger partial charge >= 0.3 is 0 Å². The second kappa shape index (κ2) is 6.26. The van der Waals surface area contributed by atoms with Crippen molar-refractivity contribution in [3.8, 4) is 6.07 Å². The van der Waals surface area contributed by atoms with Crippen LogP contribution >= 0.6 is 0 Å². The van der Waals surface area contributed by atoms with Gasteiger partial charge in [0.15, 0.2) is 0 Å². The fourth-order valence-corrected chi connectivity index (χ4v) is 1.43. The quantitative estimate of drug-likeness (QED) is 0.406. The van der Waals surface area contributed by atoms with Crippen LogP contribution in [0, 0.1) is 11.3 Å². The molecule has 0 radical (unpaired) electrons. The third-order valence-corrected chi connectivity index (χ3v) is 2.32. The Bertz CT molecular complexity index is 293. The summed E-state index contributed by atoms with van der Waals surface area (Å²) >= 11 is 0. The van der Waals surface area contributed by atoms with Gasteiger partial charge in [0.05, 0.1) is 24.9 Å². The lowest BCUT2D eigenvalue weighted by Gasteiger charge is -2.24. The van der Waals surface area contributed by atoms with Gasteiger partial charge < -0.3 is 9.47 Å². The molecule has 1 aliphatic heterocycles. The number of nitrogens with zero attached hydrogens (tertiary/aromatic N) is 1. The van der Waals surface area contributed by atoms with Crippen molar-refractivity contribution < 1.29 is 9.47 Å². The van der Waals surface area contributed by atoms with Crippen molar-refractivity contribution in [3.05, 3.63) is 23.5 Å². The van der Waals surface area contributed by atoms with Gasteiger partial charge in [-0.2, -0.15) is 5.26 Å². The van der Waals surface area contributed by atoms with Crippen LogP contribution in [0.15, 0.2) is 23.5 Å². The first-order chi connectivity index (χ1) is 7.27. The largest absolute Gasteiger partial charge is 0.489 e. The highest BCUT2D eigenvalue weighted by molar-refractivity contribution is 5.29. The summed E-state index contributed by atoms with van der Waals surface area (Å²) in [4.78, 5) is 0. The van der Waals surface area contributed by atoms with E-state index in [4.69, 9.17) is 14.7 Å². The molecular formula is C12H17NO2. The highest BCUT2D eigenvalue weighted by atomic mass is 16.5. The number of ether oxygens (including phenoxy) is 2. The molecule has 0 saturated carbocycles. The summed E-state index contributed by atoms with van der Waals surface area (Å²) in [5.74, 6) is 0.687. The van der Waals surface area contributed by atoms with Crippen molar-refractivity contribution >= 4 is 0 Å². The van der Waals surface area contributed by atoms with Crippen molar-refractivity contribution in [2.24, 2.45) is 0 Å². The first kappa shape index (κ1) is 11.8. The molecule has 15 heavy (non-hydrogen) atoms. The lowest BCUT2D eigenvalue weighted by Crippen LogP contribution is -2.23. The molecule has 0 amide bonds. The van der Waals surface area contributed by atoms with Gasteiger partial charge in [-0.3, -0.25) is 0 Å². The SMILES string of the molecule is C/C=C\C(OC1CCOCC1)=C(/C)C#N. The summed E-state index contributed by atoms with van der Waals surface area (Å²) in [6.45, 7) is 5.19. The van der Waals surface area contributed by atoms with Gasteiger partial charge in [0.2, 0.25) is 0 Å². The van der Waals surface area contributed by atoms with Crippen LogP contribution in [-0.4, -0.2) is 19.3 Å². The zero-order valence-electron chi connectivity index (χ0n) is 9.32. The van der Waals surface area contributed by atoms with E-state index in [1.165, 1.54) is 0 Å². The van der Waals surface area contributed by atoms with E-state index in [1.54, 1.807) is 6.92 Å². The Balaban J connectivity index is 2.62. The van der Waals surface area contributed by atoms with E-state index in [2.05, 4.69) is 6.07 Å². The van der Waals surface area contributed by atoms with Crippen molar-refractivity contribution in [1.29, 1.82) is 5.26 Å². The van der Waals surface area contributed by atoms with Crippen LogP contribution < -0.4 is 0 Å². The summed E-state index contributed by atoms with van der Waals surface area (Å²) < 4.78 is 11.0. The average Bonchev–Trinajstić information content (AvgIpc) is 2.29. The van der Waals surface area contributed by atoms with Crippen molar-refractivity contribution in [2.75, 3.05) is 13.2 Å². The molecule has 1 rings (SSSR count). The van der Waals surface area contributed by atoms with Crippen LogP contribution in [0.25, 0.3) is 0 Å². The number of hydrogen-bond acceptors (Lipinski definition) is 3. The Morgan fingerprint density at radius 1 is 1.47 bits per heavy atom. The van der Waals surface area contributed by atoms with Crippen molar-refractivity contribution in [2.45, 2.75) is 32.8 Å². The summed E-state index contributed by atoms with van der Waals surface area (Å²) in [6, 6.07) is 2.11. The van der Waals surface area contributed by atoms with Gasteiger partial charge in [-0.05, 0) is 19.9 Å². The Kier molecular flexibility index (Phi) is 4.92. The number of allylic oxidation sites excluding steroid dienone is 3. The second-order valence-electron chi connectivity index (χ2n) is 3.53. The van der Waals surface area contributed by atoms with Crippen LogP contribution in [0.5, 0.6) is 0 Å². The van der Waals surface area contributed by atoms with E-state index >= 15 is 0 Å². The van der Waals surface area contributed by atoms with Crippen LogP contribution in [-0.2, 0) is 9.47 Å². The van der Waals surface area contributed by atoms with Crippen LogP contribution in [0.4, 0.5) is 0 Å². The van der Waals surface area contributed by atoms with Crippen LogP contribution in [0.2, 0.25) is 0 Å². The third-order valence-electron chi connectivity index (χ3n) is 2.32. The van der Waals surface area contributed by atoms with E-state index in [1.807, 2.05) is 19.1 Å². The Labute approximate surface area is 91.0 Å². The van der Waals surface area contributed by atoms with Crippen LogP contribution in [0.1, 0.15) is 26.7 Å². The molecule has 0 aliphatic carbocycles. The fraction of sp³-hybridized carbons (Fsp3) is 0.583. The summed E-state index contributed by atoms with van der Waals surface area (Å²) in [5, 5.41) is 8.81. The Morgan fingerprint density at radius 3 is 2.67 bits per heavy atom. The van der Waals surface area contributed by atoms with Gasteiger partial charge in [0, 0.05) is 12.8 Å². The van der Waals surface area contributed by atoms with E-state index in [0.717, 1.165) is 26.1 Å². The number of nitriles is 1. The molecule has 3 heteroatoms. The molecule has 1 saturated heterocycles. The minimum Gasteiger partial charge on any atom is -0.489 e. The smallest absolute Gasteiger partial charge is 0.132 e. The zero-order valence-corrected chi connectivity index (χ0v) is 9.32. The molecule has 0 N–H and O–H groups in total.